The van der Waals surface area contributed by atoms with Crippen LogP contribution in [0.4, 0.5) is 0 Å². The van der Waals surface area contributed by atoms with Crippen molar-refractivity contribution in [1.29, 1.82) is 0 Å². The third-order valence-corrected chi connectivity index (χ3v) is 6.40. The normalized spacial score (nSPS) is 12.9. The number of nitrogens with one attached hydrogen (secondary N) is 1. The molecule has 4 nitrogen and oxygen atoms in total. The highest BCUT2D eigenvalue weighted by molar-refractivity contribution is 7.91. The summed E-state index contributed by atoms with van der Waals surface area (Å²) in [4.78, 5) is 12.0. The molecule has 0 aliphatic rings. The molecule has 1 N–H and O–H groups in total. The summed E-state index contributed by atoms with van der Waals surface area (Å²) in [6, 6.07) is 9.58. The van der Waals surface area contributed by atoms with Crippen LogP contribution in [0.3, 0.4) is 0 Å². The van der Waals surface area contributed by atoms with E-state index in [9.17, 15) is 13.2 Å². The number of halogens is 1. The Bertz CT molecular complexity index is 709. The lowest BCUT2D eigenvalue weighted by Gasteiger charge is -2.17. The molecule has 0 bridgehead atoms. The van der Waals surface area contributed by atoms with Gasteiger partial charge in [-0.15, -0.1) is 11.3 Å². The van der Waals surface area contributed by atoms with Crippen LogP contribution in [0, 0.1) is 0 Å². The molecule has 0 saturated carbocycles. The van der Waals surface area contributed by atoms with E-state index in [1.165, 1.54) is 30.4 Å². The maximum atomic E-state index is 12.8. The Morgan fingerprint density at radius 1 is 1.29 bits per heavy atom. The minimum absolute atomic E-state index is 0.0425. The SMILES string of the molecule is CC(=O)NC[C@@H](c1cccs1)S(=O)(=O)c1ccc(Cl)cc1. The van der Waals surface area contributed by atoms with Crippen LogP contribution in [0.1, 0.15) is 17.1 Å². The number of rotatable bonds is 5. The van der Waals surface area contributed by atoms with Crippen molar-refractivity contribution in [3.8, 4) is 0 Å². The Morgan fingerprint density at radius 2 is 1.95 bits per heavy atom. The topological polar surface area (TPSA) is 63.2 Å². The zero-order valence-electron chi connectivity index (χ0n) is 11.2. The van der Waals surface area contributed by atoms with Gasteiger partial charge in [-0.05, 0) is 35.7 Å². The van der Waals surface area contributed by atoms with Crippen molar-refractivity contribution in [2.24, 2.45) is 0 Å². The van der Waals surface area contributed by atoms with Crippen molar-refractivity contribution in [2.45, 2.75) is 17.1 Å². The molecule has 21 heavy (non-hydrogen) atoms. The van der Waals surface area contributed by atoms with Crippen LogP contribution < -0.4 is 5.32 Å². The molecule has 1 aromatic heterocycles. The first-order valence-electron chi connectivity index (χ1n) is 6.18. The molecule has 0 saturated heterocycles. The molecule has 0 radical (unpaired) electrons. The molecule has 2 rings (SSSR count). The van der Waals surface area contributed by atoms with Gasteiger partial charge in [0.1, 0.15) is 5.25 Å². The second-order valence-corrected chi connectivity index (χ2v) is 7.99. The average molecular weight is 344 g/mol. The highest BCUT2D eigenvalue weighted by Gasteiger charge is 2.30. The minimum Gasteiger partial charge on any atom is -0.355 e. The molecule has 1 aromatic carbocycles. The monoisotopic (exact) mass is 343 g/mol. The smallest absolute Gasteiger partial charge is 0.216 e. The fourth-order valence-electron chi connectivity index (χ4n) is 1.86. The molecule has 7 heteroatoms. The van der Waals surface area contributed by atoms with Crippen molar-refractivity contribution in [3.05, 3.63) is 51.7 Å². The van der Waals surface area contributed by atoms with E-state index in [0.717, 1.165) is 0 Å². The first kappa shape index (κ1) is 16.0. The Labute approximate surface area is 132 Å². The van der Waals surface area contributed by atoms with Gasteiger partial charge >= 0.3 is 0 Å². The van der Waals surface area contributed by atoms with E-state index >= 15 is 0 Å². The molecule has 1 heterocycles. The van der Waals surface area contributed by atoms with E-state index < -0.39 is 15.1 Å². The van der Waals surface area contributed by atoms with Crippen molar-refractivity contribution >= 4 is 38.7 Å². The van der Waals surface area contributed by atoms with Crippen LogP contribution in [0.5, 0.6) is 0 Å². The Balaban J connectivity index is 2.39. The summed E-state index contributed by atoms with van der Waals surface area (Å²) in [5, 5.41) is 4.07. The molecule has 112 valence electrons. The number of thiophene rings is 1. The Morgan fingerprint density at radius 3 is 2.48 bits per heavy atom. The van der Waals surface area contributed by atoms with Crippen molar-refractivity contribution in [2.75, 3.05) is 6.54 Å². The fourth-order valence-corrected chi connectivity index (χ4v) is 4.77. The summed E-state index contributed by atoms with van der Waals surface area (Å²) in [6.45, 7) is 1.40. The largest absolute Gasteiger partial charge is 0.355 e. The zero-order chi connectivity index (χ0) is 15.5. The van der Waals surface area contributed by atoms with Gasteiger partial charge in [0.2, 0.25) is 5.91 Å². The van der Waals surface area contributed by atoms with Crippen LogP contribution in [-0.4, -0.2) is 20.9 Å². The number of amides is 1. The summed E-state index contributed by atoms with van der Waals surface area (Å²) < 4.78 is 25.5. The second kappa shape index (κ2) is 6.60. The molecular formula is C14H14ClNO3S2. The van der Waals surface area contributed by atoms with Crippen molar-refractivity contribution in [1.82, 2.24) is 5.32 Å². The van der Waals surface area contributed by atoms with Crippen LogP contribution in [0.2, 0.25) is 5.02 Å². The van der Waals surface area contributed by atoms with E-state index in [1.54, 1.807) is 24.3 Å². The lowest BCUT2D eigenvalue weighted by molar-refractivity contribution is -0.118. The van der Waals surface area contributed by atoms with E-state index in [2.05, 4.69) is 5.32 Å². The number of carbonyl (C=O) groups excluding carboxylic acids is 1. The van der Waals surface area contributed by atoms with Gasteiger partial charge in [0.25, 0.3) is 0 Å². The summed E-state index contributed by atoms with van der Waals surface area (Å²) in [5.41, 5.74) is 0. The summed E-state index contributed by atoms with van der Waals surface area (Å²) in [5.74, 6) is -0.261. The number of sulfone groups is 1. The Kier molecular flexibility index (Phi) is 5.03. The predicted molar refractivity (Wildman–Crippen MR) is 84.4 cm³/mol. The van der Waals surface area contributed by atoms with Crippen LogP contribution in [-0.2, 0) is 14.6 Å². The minimum atomic E-state index is -3.60. The molecule has 0 spiro atoms. The molecule has 0 unspecified atom stereocenters. The molecular weight excluding hydrogens is 330 g/mol. The van der Waals surface area contributed by atoms with Gasteiger partial charge < -0.3 is 5.32 Å². The second-order valence-electron chi connectivity index (χ2n) is 4.44. The maximum absolute atomic E-state index is 12.8. The molecule has 2 aromatic rings. The highest BCUT2D eigenvalue weighted by atomic mass is 35.5. The Hall–Kier alpha value is -1.37. The first-order chi connectivity index (χ1) is 9.91. The van der Waals surface area contributed by atoms with Crippen LogP contribution in [0.25, 0.3) is 0 Å². The van der Waals surface area contributed by atoms with Gasteiger partial charge in [-0.3, -0.25) is 4.79 Å². The van der Waals surface area contributed by atoms with Gasteiger partial charge in [-0.25, -0.2) is 8.42 Å². The molecule has 1 amide bonds. The van der Waals surface area contributed by atoms with Gasteiger partial charge in [-0.2, -0.15) is 0 Å². The quantitative estimate of drug-likeness (QED) is 0.907. The van der Waals surface area contributed by atoms with E-state index in [1.807, 2.05) is 5.38 Å². The number of benzene rings is 1. The zero-order valence-corrected chi connectivity index (χ0v) is 13.6. The molecule has 0 fully saturated rings. The number of hydrogen-bond acceptors (Lipinski definition) is 4. The van der Waals surface area contributed by atoms with Gasteiger partial charge in [0.05, 0.1) is 4.90 Å². The lowest BCUT2D eigenvalue weighted by Crippen LogP contribution is -2.29. The van der Waals surface area contributed by atoms with Crippen molar-refractivity contribution in [3.63, 3.8) is 0 Å². The van der Waals surface area contributed by atoms with E-state index in [4.69, 9.17) is 11.6 Å². The van der Waals surface area contributed by atoms with Crippen LogP contribution in [0.15, 0.2) is 46.7 Å². The average Bonchev–Trinajstić information content (AvgIpc) is 2.92. The van der Waals surface area contributed by atoms with E-state index in [0.29, 0.717) is 9.90 Å². The van der Waals surface area contributed by atoms with Gasteiger partial charge in [-0.1, -0.05) is 17.7 Å². The maximum Gasteiger partial charge on any atom is 0.216 e. The van der Waals surface area contributed by atoms with Crippen molar-refractivity contribution < 1.29 is 13.2 Å². The lowest BCUT2D eigenvalue weighted by atomic mass is 10.3. The standard InChI is InChI=1S/C14H14ClNO3S2/c1-10(17)16-9-14(13-3-2-8-20-13)21(18,19)12-6-4-11(15)5-7-12/h2-8,14H,9H2,1H3,(H,16,17)/t14-/m0/s1. The molecule has 0 aliphatic heterocycles. The third kappa shape index (κ3) is 3.84. The summed E-state index contributed by atoms with van der Waals surface area (Å²) in [7, 11) is -3.60. The number of hydrogen-bond donors (Lipinski definition) is 1. The highest BCUT2D eigenvalue weighted by Crippen LogP contribution is 2.31. The molecule has 1 atom stereocenters. The third-order valence-electron chi connectivity index (χ3n) is 2.91. The predicted octanol–water partition coefficient (Wildman–Crippen LogP) is 3.05. The fraction of sp³-hybridized carbons (Fsp3) is 0.214. The molecule has 0 aliphatic carbocycles. The van der Waals surface area contributed by atoms with E-state index in [-0.39, 0.29) is 17.3 Å². The summed E-state index contributed by atoms with van der Waals surface area (Å²) >= 11 is 7.14. The summed E-state index contributed by atoms with van der Waals surface area (Å²) in [6.07, 6.45) is 0. The van der Waals surface area contributed by atoms with Gasteiger partial charge in [0, 0.05) is 23.4 Å². The first-order valence-corrected chi connectivity index (χ1v) is 8.99. The number of carbonyl (C=O) groups is 1. The van der Waals surface area contributed by atoms with Crippen LogP contribution >= 0.6 is 22.9 Å². The van der Waals surface area contributed by atoms with Gasteiger partial charge in [0.15, 0.2) is 9.84 Å².